The second-order valence-corrected chi connectivity index (χ2v) is 7.47. The predicted molar refractivity (Wildman–Crippen MR) is 111 cm³/mol. The standard InChI is InChI=1S/C20H16ClN5OS/c1-13-8-18(26(25-13)17-6-2-5-15(21)9-17)24-19(27)10-16-12-28-20(23-16)14-4-3-7-22-11-14/h2-9,11-12H,10H2,1H3,(H,24,27). The Balaban J connectivity index is 1.50. The van der Waals surface area contributed by atoms with Gasteiger partial charge < -0.3 is 5.32 Å². The van der Waals surface area contributed by atoms with Crippen LogP contribution in [0.3, 0.4) is 0 Å². The van der Waals surface area contributed by atoms with Gasteiger partial charge in [0, 0.05) is 34.4 Å². The smallest absolute Gasteiger partial charge is 0.231 e. The minimum absolute atomic E-state index is 0.161. The van der Waals surface area contributed by atoms with Gasteiger partial charge in [-0.1, -0.05) is 17.7 Å². The molecular formula is C20H16ClN5OS. The molecule has 8 heteroatoms. The van der Waals surface area contributed by atoms with E-state index >= 15 is 0 Å². The molecule has 140 valence electrons. The van der Waals surface area contributed by atoms with E-state index in [0.29, 0.717) is 16.5 Å². The fourth-order valence-corrected chi connectivity index (χ4v) is 3.75. The molecule has 4 aromatic rings. The zero-order valence-corrected chi connectivity index (χ0v) is 16.5. The average Bonchev–Trinajstić information content (AvgIpc) is 3.29. The number of hydrogen-bond donors (Lipinski definition) is 1. The second kappa shape index (κ2) is 7.92. The third kappa shape index (κ3) is 4.11. The van der Waals surface area contributed by atoms with Crippen LogP contribution in [-0.2, 0) is 11.2 Å². The van der Waals surface area contributed by atoms with Crippen molar-refractivity contribution >= 4 is 34.7 Å². The van der Waals surface area contributed by atoms with Crippen molar-refractivity contribution in [3.63, 3.8) is 0 Å². The quantitative estimate of drug-likeness (QED) is 0.525. The number of nitrogens with one attached hydrogen (secondary N) is 1. The SMILES string of the molecule is Cc1cc(NC(=O)Cc2csc(-c3cccnc3)n2)n(-c2cccc(Cl)c2)n1. The van der Waals surface area contributed by atoms with Crippen molar-refractivity contribution in [2.75, 3.05) is 5.32 Å². The first-order chi connectivity index (χ1) is 13.6. The monoisotopic (exact) mass is 409 g/mol. The first-order valence-corrected chi connectivity index (χ1v) is 9.81. The molecule has 3 heterocycles. The third-order valence-electron chi connectivity index (χ3n) is 3.95. The van der Waals surface area contributed by atoms with Crippen LogP contribution in [0.15, 0.2) is 60.2 Å². The Hall–Kier alpha value is -3.03. The minimum Gasteiger partial charge on any atom is -0.310 e. The Morgan fingerprint density at radius 1 is 1.25 bits per heavy atom. The summed E-state index contributed by atoms with van der Waals surface area (Å²) in [5, 5.41) is 10.7. The maximum Gasteiger partial charge on any atom is 0.231 e. The van der Waals surface area contributed by atoms with Crippen LogP contribution in [0.2, 0.25) is 5.02 Å². The number of hydrogen-bond acceptors (Lipinski definition) is 5. The lowest BCUT2D eigenvalue weighted by Crippen LogP contribution is -2.17. The molecule has 0 aliphatic rings. The van der Waals surface area contributed by atoms with Crippen LogP contribution in [0.1, 0.15) is 11.4 Å². The van der Waals surface area contributed by atoms with Crippen molar-refractivity contribution in [2.24, 2.45) is 0 Å². The number of aromatic nitrogens is 4. The summed E-state index contributed by atoms with van der Waals surface area (Å²) in [6.45, 7) is 1.87. The van der Waals surface area contributed by atoms with Gasteiger partial charge in [0.2, 0.25) is 5.91 Å². The maximum absolute atomic E-state index is 12.6. The summed E-state index contributed by atoms with van der Waals surface area (Å²) in [5.74, 6) is 0.429. The van der Waals surface area contributed by atoms with Crippen molar-refractivity contribution in [3.8, 4) is 16.3 Å². The number of thiazole rings is 1. The van der Waals surface area contributed by atoms with E-state index in [4.69, 9.17) is 11.6 Å². The van der Waals surface area contributed by atoms with Gasteiger partial charge in [-0.05, 0) is 37.3 Å². The topological polar surface area (TPSA) is 72.7 Å². The number of aryl methyl sites for hydroxylation is 1. The summed E-state index contributed by atoms with van der Waals surface area (Å²) in [7, 11) is 0. The van der Waals surface area contributed by atoms with E-state index in [9.17, 15) is 4.79 Å². The van der Waals surface area contributed by atoms with Gasteiger partial charge in [-0.2, -0.15) is 5.10 Å². The van der Waals surface area contributed by atoms with Crippen molar-refractivity contribution in [1.82, 2.24) is 19.7 Å². The van der Waals surface area contributed by atoms with E-state index in [-0.39, 0.29) is 12.3 Å². The molecule has 4 rings (SSSR count). The highest BCUT2D eigenvalue weighted by Gasteiger charge is 2.14. The molecule has 28 heavy (non-hydrogen) atoms. The van der Waals surface area contributed by atoms with Gasteiger partial charge in [0.1, 0.15) is 10.8 Å². The molecule has 0 fully saturated rings. The number of nitrogens with zero attached hydrogens (tertiary/aromatic N) is 4. The van der Waals surface area contributed by atoms with E-state index in [1.54, 1.807) is 29.2 Å². The normalized spacial score (nSPS) is 10.8. The van der Waals surface area contributed by atoms with E-state index in [2.05, 4.69) is 20.4 Å². The Morgan fingerprint density at radius 3 is 2.93 bits per heavy atom. The molecule has 3 aromatic heterocycles. The highest BCUT2D eigenvalue weighted by Crippen LogP contribution is 2.24. The fourth-order valence-electron chi connectivity index (χ4n) is 2.75. The van der Waals surface area contributed by atoms with Crippen LogP contribution in [0, 0.1) is 6.92 Å². The zero-order valence-electron chi connectivity index (χ0n) is 15.0. The van der Waals surface area contributed by atoms with Crippen molar-refractivity contribution in [1.29, 1.82) is 0 Å². The van der Waals surface area contributed by atoms with Gasteiger partial charge in [0.05, 0.1) is 23.5 Å². The van der Waals surface area contributed by atoms with Gasteiger partial charge in [0.25, 0.3) is 0 Å². The molecule has 0 saturated carbocycles. The molecule has 0 radical (unpaired) electrons. The van der Waals surface area contributed by atoms with Gasteiger partial charge >= 0.3 is 0 Å². The summed E-state index contributed by atoms with van der Waals surface area (Å²) >= 11 is 7.57. The predicted octanol–water partition coefficient (Wildman–Crippen LogP) is 4.53. The molecule has 0 saturated heterocycles. The molecule has 0 bridgehead atoms. The van der Waals surface area contributed by atoms with Crippen molar-refractivity contribution < 1.29 is 4.79 Å². The van der Waals surface area contributed by atoms with Crippen molar-refractivity contribution in [3.05, 3.63) is 76.6 Å². The number of anilines is 1. The average molecular weight is 410 g/mol. The summed E-state index contributed by atoms with van der Waals surface area (Å²) in [6, 6.07) is 12.9. The third-order valence-corrected chi connectivity index (χ3v) is 5.13. The Morgan fingerprint density at radius 2 is 2.14 bits per heavy atom. The van der Waals surface area contributed by atoms with Gasteiger partial charge in [0.15, 0.2) is 0 Å². The lowest BCUT2D eigenvalue weighted by molar-refractivity contribution is -0.115. The lowest BCUT2D eigenvalue weighted by Gasteiger charge is -2.08. The Labute approximate surface area is 170 Å². The molecule has 0 spiro atoms. The lowest BCUT2D eigenvalue weighted by atomic mass is 10.3. The molecule has 1 aromatic carbocycles. The number of pyridine rings is 1. The van der Waals surface area contributed by atoms with Gasteiger partial charge in [-0.25, -0.2) is 9.67 Å². The molecule has 0 aliphatic carbocycles. The van der Waals surface area contributed by atoms with Crippen LogP contribution in [-0.4, -0.2) is 25.7 Å². The molecule has 0 atom stereocenters. The van der Waals surface area contributed by atoms with Gasteiger partial charge in [-0.3, -0.25) is 9.78 Å². The minimum atomic E-state index is -0.161. The van der Waals surface area contributed by atoms with Crippen LogP contribution in [0.5, 0.6) is 0 Å². The number of benzene rings is 1. The van der Waals surface area contributed by atoms with E-state index in [1.165, 1.54) is 11.3 Å². The Bertz CT molecular complexity index is 1120. The van der Waals surface area contributed by atoms with E-state index in [0.717, 1.165) is 22.0 Å². The molecule has 1 amide bonds. The number of carbonyl (C=O) groups excluding carboxylic acids is 1. The first-order valence-electron chi connectivity index (χ1n) is 8.56. The molecular weight excluding hydrogens is 394 g/mol. The Kier molecular flexibility index (Phi) is 5.18. The number of rotatable bonds is 5. The molecule has 6 nitrogen and oxygen atoms in total. The van der Waals surface area contributed by atoms with Crippen LogP contribution in [0.25, 0.3) is 16.3 Å². The highest BCUT2D eigenvalue weighted by molar-refractivity contribution is 7.13. The summed E-state index contributed by atoms with van der Waals surface area (Å²) in [5.41, 5.74) is 3.23. The highest BCUT2D eigenvalue weighted by atomic mass is 35.5. The van der Waals surface area contributed by atoms with Crippen LogP contribution >= 0.6 is 22.9 Å². The maximum atomic E-state index is 12.6. The zero-order chi connectivity index (χ0) is 19.5. The number of amides is 1. The molecule has 0 unspecified atom stereocenters. The summed E-state index contributed by atoms with van der Waals surface area (Å²) in [4.78, 5) is 21.2. The molecule has 1 N–H and O–H groups in total. The van der Waals surface area contributed by atoms with Crippen molar-refractivity contribution in [2.45, 2.75) is 13.3 Å². The number of carbonyl (C=O) groups is 1. The van der Waals surface area contributed by atoms with Crippen LogP contribution in [0.4, 0.5) is 5.82 Å². The number of halogens is 1. The van der Waals surface area contributed by atoms with Gasteiger partial charge in [-0.15, -0.1) is 11.3 Å². The van der Waals surface area contributed by atoms with Crippen LogP contribution < -0.4 is 5.32 Å². The summed E-state index contributed by atoms with van der Waals surface area (Å²) < 4.78 is 1.67. The first kappa shape index (κ1) is 18.3. The largest absolute Gasteiger partial charge is 0.310 e. The summed E-state index contributed by atoms with van der Waals surface area (Å²) in [6.07, 6.45) is 3.65. The fraction of sp³-hybridized carbons (Fsp3) is 0.100. The van der Waals surface area contributed by atoms with E-state index in [1.807, 2.05) is 42.6 Å². The second-order valence-electron chi connectivity index (χ2n) is 6.17. The van der Waals surface area contributed by atoms with E-state index < -0.39 is 0 Å². The molecule has 0 aliphatic heterocycles.